The molecule has 26 heavy (non-hydrogen) atoms. The molecule has 2 amide bonds. The lowest BCUT2D eigenvalue weighted by atomic mass is 10.2. The zero-order valence-corrected chi connectivity index (χ0v) is 15.4. The Balaban J connectivity index is 1.53. The smallest absolute Gasteiger partial charge is 0.242 e. The molecular formula is C19H22N4O2S. The summed E-state index contributed by atoms with van der Waals surface area (Å²) >= 11 is 4.14. The molecule has 7 heteroatoms. The molecule has 0 aromatic carbocycles. The van der Waals surface area contributed by atoms with Crippen LogP contribution >= 0.6 is 12.6 Å². The van der Waals surface area contributed by atoms with Gasteiger partial charge in [-0.1, -0.05) is 12.1 Å². The maximum Gasteiger partial charge on any atom is 0.242 e. The third-order valence-electron chi connectivity index (χ3n) is 4.34. The van der Waals surface area contributed by atoms with E-state index < -0.39 is 5.25 Å². The minimum absolute atomic E-state index is 0.112. The summed E-state index contributed by atoms with van der Waals surface area (Å²) in [6.45, 7) is 1.24. The molecule has 1 aliphatic rings. The quantitative estimate of drug-likeness (QED) is 0.440. The number of likely N-dealkylation sites (tertiary alicyclic amines) is 1. The van der Waals surface area contributed by atoms with E-state index in [-0.39, 0.29) is 18.2 Å². The van der Waals surface area contributed by atoms with Gasteiger partial charge in [-0.25, -0.2) is 9.97 Å². The molecule has 1 aliphatic heterocycles. The van der Waals surface area contributed by atoms with Crippen LogP contribution in [0.3, 0.4) is 0 Å². The van der Waals surface area contributed by atoms with Crippen molar-refractivity contribution < 1.29 is 9.59 Å². The fourth-order valence-corrected chi connectivity index (χ4v) is 3.29. The van der Waals surface area contributed by atoms with E-state index in [4.69, 9.17) is 0 Å². The van der Waals surface area contributed by atoms with Crippen LogP contribution in [0.25, 0.3) is 0 Å². The molecule has 0 saturated carbocycles. The fraction of sp³-hybridized carbons (Fsp3) is 0.368. The second-order valence-corrected chi connectivity index (χ2v) is 6.82. The molecule has 0 bridgehead atoms. The van der Waals surface area contributed by atoms with Crippen LogP contribution in [0.1, 0.15) is 25.7 Å². The first-order chi connectivity index (χ1) is 12.7. The molecule has 1 saturated heterocycles. The molecule has 0 radical (unpaired) electrons. The van der Waals surface area contributed by atoms with Crippen molar-refractivity contribution in [2.45, 2.75) is 30.9 Å². The molecule has 0 spiro atoms. The Morgan fingerprint density at radius 2 is 1.65 bits per heavy atom. The number of unbranched alkanes of at least 4 members (excludes halogenated alkanes) is 2. The van der Waals surface area contributed by atoms with E-state index in [9.17, 15) is 9.59 Å². The Hall–Kier alpha value is -2.41. The predicted molar refractivity (Wildman–Crippen MR) is 103 cm³/mol. The highest BCUT2D eigenvalue weighted by atomic mass is 32.1. The highest BCUT2D eigenvalue weighted by Gasteiger charge is 2.35. The number of pyridine rings is 2. The van der Waals surface area contributed by atoms with Gasteiger partial charge >= 0.3 is 0 Å². The topological polar surface area (TPSA) is 66.4 Å². The normalized spacial score (nSPS) is 17.0. The molecular weight excluding hydrogens is 348 g/mol. The van der Waals surface area contributed by atoms with Crippen molar-refractivity contribution in [1.82, 2.24) is 14.9 Å². The van der Waals surface area contributed by atoms with Gasteiger partial charge in [-0.15, -0.1) is 0 Å². The molecule has 2 aromatic rings. The number of aromatic nitrogens is 2. The summed E-state index contributed by atoms with van der Waals surface area (Å²) in [4.78, 5) is 35.9. The van der Waals surface area contributed by atoms with Crippen LogP contribution in [0.2, 0.25) is 0 Å². The molecule has 6 nitrogen and oxygen atoms in total. The first kappa shape index (κ1) is 18.4. The highest BCUT2D eigenvalue weighted by Crippen LogP contribution is 2.22. The first-order valence-corrected chi connectivity index (χ1v) is 9.30. The van der Waals surface area contributed by atoms with Crippen LogP contribution in [0.5, 0.6) is 0 Å². The molecule has 3 heterocycles. The number of thiol groups is 1. The van der Waals surface area contributed by atoms with Crippen LogP contribution in [-0.2, 0) is 9.59 Å². The summed E-state index contributed by atoms with van der Waals surface area (Å²) in [6.07, 6.45) is 6.36. The van der Waals surface area contributed by atoms with Gasteiger partial charge in [0.1, 0.15) is 11.6 Å². The van der Waals surface area contributed by atoms with Crippen molar-refractivity contribution in [3.63, 3.8) is 0 Å². The van der Waals surface area contributed by atoms with E-state index in [0.717, 1.165) is 37.4 Å². The Labute approximate surface area is 158 Å². The van der Waals surface area contributed by atoms with Crippen LogP contribution < -0.4 is 4.90 Å². The van der Waals surface area contributed by atoms with Crippen LogP contribution in [0.4, 0.5) is 11.6 Å². The number of carbonyl (C=O) groups is 2. The van der Waals surface area contributed by atoms with Crippen molar-refractivity contribution in [2.24, 2.45) is 0 Å². The Morgan fingerprint density at radius 3 is 2.15 bits per heavy atom. The molecule has 0 unspecified atom stereocenters. The molecule has 136 valence electrons. The minimum Gasteiger partial charge on any atom is -0.311 e. The second kappa shape index (κ2) is 8.80. The number of hydrogen-bond donors (Lipinski definition) is 1. The van der Waals surface area contributed by atoms with E-state index in [1.54, 1.807) is 12.4 Å². The second-order valence-electron chi connectivity index (χ2n) is 6.19. The third kappa shape index (κ3) is 4.40. The molecule has 2 aromatic heterocycles. The van der Waals surface area contributed by atoms with Crippen LogP contribution in [0, 0.1) is 0 Å². The Bertz CT molecular complexity index is 702. The van der Waals surface area contributed by atoms with Crippen LogP contribution in [-0.4, -0.2) is 45.0 Å². The molecule has 1 atom stereocenters. The van der Waals surface area contributed by atoms with E-state index in [0.29, 0.717) is 6.54 Å². The molecule has 0 N–H and O–H groups in total. The maximum atomic E-state index is 11.9. The zero-order valence-electron chi connectivity index (χ0n) is 14.5. The van der Waals surface area contributed by atoms with E-state index >= 15 is 0 Å². The highest BCUT2D eigenvalue weighted by molar-refractivity contribution is 7.81. The summed E-state index contributed by atoms with van der Waals surface area (Å²) in [6, 6.07) is 11.6. The average Bonchev–Trinajstić information content (AvgIpc) is 2.92. The minimum atomic E-state index is -0.466. The number of imide groups is 1. The van der Waals surface area contributed by atoms with E-state index in [1.165, 1.54) is 4.90 Å². The van der Waals surface area contributed by atoms with Crippen molar-refractivity contribution >= 4 is 36.1 Å². The summed E-state index contributed by atoms with van der Waals surface area (Å²) in [5, 5.41) is -0.466. The van der Waals surface area contributed by atoms with E-state index in [2.05, 4.69) is 27.5 Å². The van der Waals surface area contributed by atoms with Gasteiger partial charge in [0.15, 0.2) is 0 Å². The van der Waals surface area contributed by atoms with Crippen LogP contribution in [0.15, 0.2) is 48.8 Å². The lowest BCUT2D eigenvalue weighted by Gasteiger charge is -2.22. The lowest BCUT2D eigenvalue weighted by Crippen LogP contribution is -2.32. The monoisotopic (exact) mass is 370 g/mol. The van der Waals surface area contributed by atoms with Gasteiger partial charge < -0.3 is 4.90 Å². The maximum absolute atomic E-state index is 11.9. The predicted octanol–water partition coefficient (Wildman–Crippen LogP) is 2.84. The first-order valence-electron chi connectivity index (χ1n) is 8.78. The molecule has 1 fully saturated rings. The Morgan fingerprint density at radius 1 is 1.00 bits per heavy atom. The van der Waals surface area contributed by atoms with Gasteiger partial charge in [0, 0.05) is 31.9 Å². The van der Waals surface area contributed by atoms with Gasteiger partial charge in [0.05, 0.1) is 5.25 Å². The van der Waals surface area contributed by atoms with Gasteiger partial charge in [-0.2, -0.15) is 12.6 Å². The molecule has 3 rings (SSSR count). The number of nitrogens with zero attached hydrogens (tertiary/aromatic N) is 4. The van der Waals surface area contributed by atoms with Crippen molar-refractivity contribution in [1.29, 1.82) is 0 Å². The summed E-state index contributed by atoms with van der Waals surface area (Å²) < 4.78 is 0. The largest absolute Gasteiger partial charge is 0.311 e. The lowest BCUT2D eigenvalue weighted by molar-refractivity contribution is -0.138. The van der Waals surface area contributed by atoms with E-state index in [1.807, 2.05) is 36.4 Å². The van der Waals surface area contributed by atoms with Gasteiger partial charge in [0.25, 0.3) is 0 Å². The van der Waals surface area contributed by atoms with Gasteiger partial charge in [-0.3, -0.25) is 14.5 Å². The number of rotatable bonds is 8. The SMILES string of the molecule is O=C1C[C@@H](S)C(=O)N1CCCCCN(c1ccccn1)c1ccccn1. The summed E-state index contributed by atoms with van der Waals surface area (Å²) in [5.41, 5.74) is 0. The average molecular weight is 370 g/mol. The van der Waals surface area contributed by atoms with Crippen molar-refractivity contribution in [3.05, 3.63) is 48.8 Å². The van der Waals surface area contributed by atoms with Gasteiger partial charge in [0.2, 0.25) is 11.8 Å². The van der Waals surface area contributed by atoms with Gasteiger partial charge in [-0.05, 0) is 43.5 Å². The van der Waals surface area contributed by atoms with Crippen molar-refractivity contribution in [3.8, 4) is 0 Å². The summed E-state index contributed by atoms with van der Waals surface area (Å²) in [5.74, 6) is 1.43. The fourth-order valence-electron chi connectivity index (χ4n) is 2.99. The number of carbonyl (C=O) groups excluding carboxylic acids is 2. The standard InChI is InChI=1S/C19H22N4O2S/c24-18-14-15(26)19(25)23(18)13-7-1-6-12-22(16-8-2-4-10-20-16)17-9-3-5-11-21-17/h2-5,8-11,15,26H,1,6-7,12-14H2/t15-/m1/s1. The Kier molecular flexibility index (Phi) is 6.22. The number of hydrogen-bond acceptors (Lipinski definition) is 6. The zero-order chi connectivity index (χ0) is 18.4. The third-order valence-corrected chi connectivity index (χ3v) is 4.74. The number of amides is 2. The number of anilines is 2. The van der Waals surface area contributed by atoms with Crippen molar-refractivity contribution in [2.75, 3.05) is 18.0 Å². The molecule has 0 aliphatic carbocycles. The summed E-state index contributed by atoms with van der Waals surface area (Å²) in [7, 11) is 0.